The van der Waals surface area contributed by atoms with E-state index in [9.17, 15) is 9.59 Å². The van der Waals surface area contributed by atoms with Crippen molar-refractivity contribution in [1.82, 2.24) is 20.9 Å². The zero-order valence-corrected chi connectivity index (χ0v) is 21.5. The third-order valence-electron chi connectivity index (χ3n) is 7.71. The summed E-state index contributed by atoms with van der Waals surface area (Å²) in [6, 6.07) is 1.63. The summed E-state index contributed by atoms with van der Waals surface area (Å²) in [5, 5.41) is 9.84. The number of allylic oxidation sites excluding steroid dienone is 2. The van der Waals surface area contributed by atoms with Crippen LogP contribution in [0, 0.1) is 19.8 Å². The summed E-state index contributed by atoms with van der Waals surface area (Å²) in [7, 11) is 0. The van der Waals surface area contributed by atoms with Crippen LogP contribution in [0.4, 0.5) is 0 Å². The molecule has 1 aliphatic carbocycles. The molecule has 3 aliphatic rings. The van der Waals surface area contributed by atoms with E-state index in [1.54, 1.807) is 0 Å². The number of pyridine rings is 1. The number of carbonyl (C=O) groups is 2. The molecule has 0 radical (unpaired) electrons. The zero-order valence-electron chi connectivity index (χ0n) is 21.5. The molecule has 2 saturated heterocycles. The predicted octanol–water partition coefficient (Wildman–Crippen LogP) is 3.78. The number of ketones is 1. The molecule has 7 heteroatoms. The normalized spacial score (nSPS) is 23.1. The van der Waals surface area contributed by atoms with Crippen molar-refractivity contribution in [1.29, 1.82) is 0 Å². The van der Waals surface area contributed by atoms with Crippen molar-refractivity contribution in [2.75, 3.05) is 26.2 Å². The Bertz CT molecular complexity index is 900. The number of hydrogen-bond donors (Lipinski definition) is 3. The van der Waals surface area contributed by atoms with Crippen LogP contribution in [0.25, 0.3) is 0 Å². The maximum atomic E-state index is 13.1. The van der Waals surface area contributed by atoms with Gasteiger partial charge >= 0.3 is 0 Å². The summed E-state index contributed by atoms with van der Waals surface area (Å²) in [4.78, 5) is 30.3. The lowest BCUT2D eigenvalue weighted by Crippen LogP contribution is -2.37. The maximum Gasteiger partial charge on any atom is 0.253 e. The Labute approximate surface area is 209 Å². The molecule has 2 aliphatic heterocycles. The number of piperidine rings is 1. The van der Waals surface area contributed by atoms with Crippen LogP contribution < -0.4 is 20.7 Å². The van der Waals surface area contributed by atoms with Crippen LogP contribution in [-0.2, 0) is 4.79 Å². The fraction of sp³-hybridized carbons (Fsp3) is 0.679. The van der Waals surface area contributed by atoms with Gasteiger partial charge in [0.2, 0.25) is 5.88 Å². The Balaban J connectivity index is 1.24. The topological polar surface area (TPSA) is 92.3 Å². The smallest absolute Gasteiger partial charge is 0.253 e. The third kappa shape index (κ3) is 7.37. The van der Waals surface area contributed by atoms with Gasteiger partial charge in [0.05, 0.1) is 23.9 Å². The fourth-order valence-electron chi connectivity index (χ4n) is 5.69. The summed E-state index contributed by atoms with van der Waals surface area (Å²) in [6.07, 6.45) is 12.7. The molecule has 0 saturated carbocycles. The van der Waals surface area contributed by atoms with Gasteiger partial charge in [-0.1, -0.05) is 11.6 Å². The molecule has 2 fully saturated rings. The Hall–Kier alpha value is -2.25. The number of hydrogen-bond acceptors (Lipinski definition) is 6. The molecule has 0 bridgehead atoms. The largest absolute Gasteiger partial charge is 0.478 e. The first kappa shape index (κ1) is 25.8. The van der Waals surface area contributed by atoms with E-state index >= 15 is 0 Å². The van der Waals surface area contributed by atoms with Gasteiger partial charge in [0, 0.05) is 25.1 Å². The molecule has 0 spiro atoms. The average Bonchev–Trinajstić information content (AvgIpc) is 3.31. The molecule has 1 amide bonds. The first-order valence-electron chi connectivity index (χ1n) is 13.6. The highest BCUT2D eigenvalue weighted by Gasteiger charge is 2.31. The highest BCUT2D eigenvalue weighted by atomic mass is 16.5. The molecule has 3 heterocycles. The van der Waals surface area contributed by atoms with Crippen LogP contribution in [0.5, 0.6) is 5.88 Å². The number of carbonyl (C=O) groups excluding carboxylic acids is 2. The van der Waals surface area contributed by atoms with E-state index in [1.807, 2.05) is 19.9 Å². The van der Waals surface area contributed by atoms with Gasteiger partial charge in [-0.2, -0.15) is 0 Å². The van der Waals surface area contributed by atoms with Crippen LogP contribution in [0.3, 0.4) is 0 Å². The Kier molecular flexibility index (Phi) is 9.32. The highest BCUT2D eigenvalue weighted by Crippen LogP contribution is 2.23. The van der Waals surface area contributed by atoms with Gasteiger partial charge in [0.15, 0.2) is 5.78 Å². The number of aromatic nitrogens is 1. The minimum Gasteiger partial charge on any atom is -0.478 e. The lowest BCUT2D eigenvalue weighted by atomic mass is 9.93. The second-order valence-corrected chi connectivity index (χ2v) is 10.5. The van der Waals surface area contributed by atoms with E-state index in [1.165, 1.54) is 37.7 Å². The molecule has 192 valence electrons. The standard InChI is InChI=1S/C28H42N4O3/c1-19-15-26(35-14-6-9-21-10-12-29-13-11-21)31-20(2)27(19)28(34)32-23-17-24(30-18-23)25(33)16-22-7-4-3-5-8-22/h7,15,21,23-24,29-30H,3-6,8-14,16-18H2,1-2H3,(H,32,34)/t23-,24-/m0/s1. The molecule has 4 rings (SSSR count). The molecular weight excluding hydrogens is 440 g/mol. The van der Waals surface area contributed by atoms with Crippen molar-refractivity contribution in [3.05, 3.63) is 34.5 Å². The Morgan fingerprint density at radius 2 is 2.03 bits per heavy atom. The number of rotatable bonds is 10. The second-order valence-electron chi connectivity index (χ2n) is 10.5. The minimum absolute atomic E-state index is 0.0542. The number of amides is 1. The SMILES string of the molecule is Cc1cc(OCCCC2CCNCC2)nc(C)c1C(=O)N[C@@H]1CN[C@H](C(=O)CC2=CCCCC2)C1. The third-order valence-corrected chi connectivity index (χ3v) is 7.71. The van der Waals surface area contributed by atoms with Gasteiger partial charge in [-0.05, 0) is 96.2 Å². The zero-order chi connectivity index (χ0) is 24.6. The van der Waals surface area contributed by atoms with E-state index in [4.69, 9.17) is 4.74 Å². The summed E-state index contributed by atoms with van der Waals surface area (Å²) in [5.74, 6) is 1.50. The van der Waals surface area contributed by atoms with E-state index in [0.717, 1.165) is 43.8 Å². The molecule has 2 atom stereocenters. The molecule has 35 heavy (non-hydrogen) atoms. The monoisotopic (exact) mass is 482 g/mol. The molecular formula is C28H42N4O3. The second kappa shape index (κ2) is 12.6. The van der Waals surface area contributed by atoms with Crippen molar-refractivity contribution >= 4 is 11.7 Å². The van der Waals surface area contributed by atoms with Crippen molar-refractivity contribution in [3.63, 3.8) is 0 Å². The van der Waals surface area contributed by atoms with Gasteiger partial charge in [-0.25, -0.2) is 4.98 Å². The molecule has 3 N–H and O–H groups in total. The summed E-state index contributed by atoms with van der Waals surface area (Å²) < 4.78 is 5.92. The maximum absolute atomic E-state index is 13.1. The lowest BCUT2D eigenvalue weighted by Gasteiger charge is -2.22. The van der Waals surface area contributed by atoms with Crippen LogP contribution in [0.2, 0.25) is 0 Å². The van der Waals surface area contributed by atoms with E-state index < -0.39 is 0 Å². The van der Waals surface area contributed by atoms with Crippen LogP contribution in [-0.4, -0.2) is 55.0 Å². The molecule has 1 aromatic heterocycles. The van der Waals surface area contributed by atoms with Crippen LogP contribution >= 0.6 is 0 Å². The first-order chi connectivity index (χ1) is 17.0. The minimum atomic E-state index is -0.177. The molecule has 7 nitrogen and oxygen atoms in total. The number of aryl methyl sites for hydroxylation is 2. The number of nitrogens with zero attached hydrogens (tertiary/aromatic N) is 1. The predicted molar refractivity (Wildman–Crippen MR) is 138 cm³/mol. The van der Waals surface area contributed by atoms with Gasteiger partial charge in [0.1, 0.15) is 0 Å². The van der Waals surface area contributed by atoms with Crippen molar-refractivity contribution in [3.8, 4) is 5.88 Å². The van der Waals surface area contributed by atoms with Gasteiger partial charge in [-0.15, -0.1) is 0 Å². The summed E-state index contributed by atoms with van der Waals surface area (Å²) in [5.41, 5.74) is 3.43. The van der Waals surface area contributed by atoms with Crippen LogP contribution in [0.1, 0.15) is 85.8 Å². The molecule has 0 aromatic carbocycles. The van der Waals surface area contributed by atoms with Gasteiger partial charge in [0.25, 0.3) is 5.91 Å². The van der Waals surface area contributed by atoms with Gasteiger partial charge in [-0.3, -0.25) is 9.59 Å². The van der Waals surface area contributed by atoms with Crippen molar-refractivity contribution in [2.45, 2.75) is 90.1 Å². The Morgan fingerprint density at radius 3 is 2.77 bits per heavy atom. The van der Waals surface area contributed by atoms with E-state index in [-0.39, 0.29) is 23.8 Å². The number of nitrogens with one attached hydrogen (secondary N) is 3. The Morgan fingerprint density at radius 1 is 1.20 bits per heavy atom. The lowest BCUT2D eigenvalue weighted by molar-refractivity contribution is -0.120. The summed E-state index contributed by atoms with van der Waals surface area (Å²) in [6.45, 7) is 7.32. The summed E-state index contributed by atoms with van der Waals surface area (Å²) >= 11 is 0. The number of Topliss-reactive ketones (excluding diaryl/α,β-unsaturated/α-hetero) is 1. The van der Waals surface area contributed by atoms with Crippen molar-refractivity contribution < 1.29 is 14.3 Å². The van der Waals surface area contributed by atoms with E-state index in [0.29, 0.717) is 43.1 Å². The molecule has 0 unspecified atom stereocenters. The average molecular weight is 483 g/mol. The molecule has 1 aromatic rings. The van der Waals surface area contributed by atoms with Crippen LogP contribution in [0.15, 0.2) is 17.7 Å². The highest BCUT2D eigenvalue weighted by molar-refractivity contribution is 5.97. The quantitative estimate of drug-likeness (QED) is 0.347. The first-order valence-corrected chi connectivity index (χ1v) is 13.6. The van der Waals surface area contributed by atoms with Gasteiger partial charge < -0.3 is 20.7 Å². The fourth-order valence-corrected chi connectivity index (χ4v) is 5.69. The van der Waals surface area contributed by atoms with Crippen molar-refractivity contribution in [2.24, 2.45) is 5.92 Å². The van der Waals surface area contributed by atoms with E-state index in [2.05, 4.69) is 27.0 Å². The number of ether oxygens (including phenoxy) is 1.